The van der Waals surface area contributed by atoms with Crippen LogP contribution in [0.15, 0.2) is 10.9 Å². The van der Waals surface area contributed by atoms with E-state index >= 15 is 0 Å². The summed E-state index contributed by atoms with van der Waals surface area (Å²) in [6, 6.07) is 0.498. The summed E-state index contributed by atoms with van der Waals surface area (Å²) >= 11 is 1.64. The molecular weight excluding hydrogens is 270 g/mol. The number of carbonyl (C=O) groups is 1. The second-order valence-electron chi connectivity index (χ2n) is 5.86. The van der Waals surface area contributed by atoms with Crippen LogP contribution in [-0.4, -0.2) is 34.9 Å². The van der Waals surface area contributed by atoms with E-state index < -0.39 is 0 Å². The highest BCUT2D eigenvalue weighted by Gasteiger charge is 2.30. The Morgan fingerprint density at radius 3 is 3.00 bits per heavy atom. The number of amides is 1. The van der Waals surface area contributed by atoms with Crippen molar-refractivity contribution in [2.24, 2.45) is 11.8 Å². The largest absolute Gasteiger partial charge is 0.342 e. The van der Waals surface area contributed by atoms with Gasteiger partial charge in [0.25, 0.3) is 0 Å². The Morgan fingerprint density at radius 2 is 2.40 bits per heavy atom. The van der Waals surface area contributed by atoms with E-state index in [9.17, 15) is 4.79 Å². The second-order valence-corrected chi connectivity index (χ2v) is 6.58. The van der Waals surface area contributed by atoms with Crippen LogP contribution in [0.25, 0.3) is 0 Å². The molecule has 0 aliphatic carbocycles. The van der Waals surface area contributed by atoms with E-state index in [4.69, 9.17) is 0 Å². The van der Waals surface area contributed by atoms with E-state index in [0.29, 0.717) is 17.9 Å². The molecule has 1 aliphatic rings. The Bertz CT molecular complexity index is 419. The topological polar surface area (TPSA) is 45.2 Å². The summed E-state index contributed by atoms with van der Waals surface area (Å²) in [6.45, 7) is 8.78. The standard InChI is InChI=1S/C15H25N3OS/c1-4-12-8-18(15(19)11(2)3)6-5-14(12)16-7-13-9-20-10-17-13/h9-12,14,16H,4-8H2,1-3H3. The molecule has 5 heteroatoms. The third-order valence-electron chi connectivity index (χ3n) is 4.09. The van der Waals surface area contributed by atoms with Crippen molar-refractivity contribution in [2.75, 3.05) is 13.1 Å². The van der Waals surface area contributed by atoms with Crippen LogP contribution in [0.3, 0.4) is 0 Å². The van der Waals surface area contributed by atoms with Gasteiger partial charge in [0.1, 0.15) is 0 Å². The van der Waals surface area contributed by atoms with Gasteiger partial charge in [0, 0.05) is 37.0 Å². The maximum Gasteiger partial charge on any atom is 0.225 e. The van der Waals surface area contributed by atoms with Crippen LogP contribution in [0.2, 0.25) is 0 Å². The maximum atomic E-state index is 12.1. The molecule has 0 spiro atoms. The van der Waals surface area contributed by atoms with Gasteiger partial charge in [0.15, 0.2) is 0 Å². The number of rotatable bonds is 5. The van der Waals surface area contributed by atoms with Gasteiger partial charge in [-0.3, -0.25) is 4.79 Å². The number of nitrogens with zero attached hydrogens (tertiary/aromatic N) is 2. The Labute approximate surface area is 125 Å². The summed E-state index contributed by atoms with van der Waals surface area (Å²) < 4.78 is 0. The maximum absolute atomic E-state index is 12.1. The first-order valence-corrected chi connectivity index (χ1v) is 8.45. The minimum absolute atomic E-state index is 0.104. The first kappa shape index (κ1) is 15.4. The Morgan fingerprint density at radius 1 is 1.60 bits per heavy atom. The summed E-state index contributed by atoms with van der Waals surface area (Å²) in [4.78, 5) is 18.5. The van der Waals surface area contributed by atoms with Crippen molar-refractivity contribution < 1.29 is 4.79 Å². The lowest BCUT2D eigenvalue weighted by Crippen LogP contribution is -2.51. The van der Waals surface area contributed by atoms with Crippen LogP contribution < -0.4 is 5.32 Å². The van der Waals surface area contributed by atoms with Crippen LogP contribution in [0.1, 0.15) is 39.3 Å². The molecule has 2 rings (SSSR count). The predicted octanol–water partition coefficient (Wildman–Crippen LogP) is 2.52. The lowest BCUT2D eigenvalue weighted by Gasteiger charge is -2.39. The van der Waals surface area contributed by atoms with Crippen molar-refractivity contribution in [1.82, 2.24) is 15.2 Å². The number of carbonyl (C=O) groups excluding carboxylic acids is 1. The number of piperidine rings is 1. The van der Waals surface area contributed by atoms with E-state index in [2.05, 4.69) is 22.6 Å². The van der Waals surface area contributed by atoms with Crippen molar-refractivity contribution in [3.8, 4) is 0 Å². The normalized spacial score (nSPS) is 23.3. The summed E-state index contributed by atoms with van der Waals surface area (Å²) in [5.41, 5.74) is 2.99. The molecule has 2 unspecified atom stereocenters. The predicted molar refractivity (Wildman–Crippen MR) is 82.6 cm³/mol. The number of aromatic nitrogens is 1. The zero-order valence-electron chi connectivity index (χ0n) is 12.6. The van der Waals surface area contributed by atoms with Gasteiger partial charge in [-0.15, -0.1) is 11.3 Å². The van der Waals surface area contributed by atoms with Gasteiger partial charge in [-0.25, -0.2) is 4.98 Å². The average Bonchev–Trinajstić information content (AvgIpc) is 2.97. The van der Waals surface area contributed by atoms with E-state index in [1.165, 1.54) is 0 Å². The summed E-state index contributed by atoms with van der Waals surface area (Å²) in [5, 5.41) is 5.71. The molecule has 1 N–H and O–H groups in total. The molecule has 0 saturated carbocycles. The molecule has 1 fully saturated rings. The third kappa shape index (κ3) is 3.79. The van der Waals surface area contributed by atoms with E-state index in [1.54, 1.807) is 11.3 Å². The molecule has 1 aliphatic heterocycles. The van der Waals surface area contributed by atoms with Gasteiger partial charge in [-0.05, 0) is 12.3 Å². The Hall–Kier alpha value is -0.940. The average molecular weight is 295 g/mol. The first-order chi connectivity index (χ1) is 9.61. The van der Waals surface area contributed by atoms with Crippen LogP contribution in [-0.2, 0) is 11.3 Å². The SMILES string of the molecule is CCC1CN(C(=O)C(C)C)CCC1NCc1cscn1. The van der Waals surface area contributed by atoms with Crippen LogP contribution >= 0.6 is 11.3 Å². The first-order valence-electron chi connectivity index (χ1n) is 7.51. The van der Waals surface area contributed by atoms with Gasteiger partial charge in [-0.2, -0.15) is 0 Å². The molecule has 1 aromatic rings. The zero-order chi connectivity index (χ0) is 14.5. The lowest BCUT2D eigenvalue weighted by molar-refractivity contribution is -0.136. The van der Waals surface area contributed by atoms with Gasteiger partial charge >= 0.3 is 0 Å². The van der Waals surface area contributed by atoms with Gasteiger partial charge in [-0.1, -0.05) is 27.2 Å². The fourth-order valence-electron chi connectivity index (χ4n) is 2.84. The number of hydrogen-bond acceptors (Lipinski definition) is 4. The second kappa shape index (κ2) is 7.18. The van der Waals surface area contributed by atoms with Gasteiger partial charge < -0.3 is 10.2 Å². The van der Waals surface area contributed by atoms with E-state index in [1.807, 2.05) is 24.3 Å². The Balaban J connectivity index is 1.88. The highest BCUT2D eigenvalue weighted by Crippen LogP contribution is 2.22. The van der Waals surface area contributed by atoms with E-state index in [0.717, 1.165) is 38.2 Å². The molecule has 20 heavy (non-hydrogen) atoms. The van der Waals surface area contributed by atoms with Gasteiger partial charge in [0.05, 0.1) is 11.2 Å². The molecule has 0 bridgehead atoms. The van der Waals surface area contributed by atoms with Crippen LogP contribution in [0.4, 0.5) is 0 Å². The third-order valence-corrected chi connectivity index (χ3v) is 4.73. The fraction of sp³-hybridized carbons (Fsp3) is 0.733. The van der Waals surface area contributed by atoms with Crippen LogP contribution in [0.5, 0.6) is 0 Å². The van der Waals surface area contributed by atoms with Crippen LogP contribution in [0, 0.1) is 11.8 Å². The smallest absolute Gasteiger partial charge is 0.225 e. The number of likely N-dealkylation sites (tertiary alicyclic amines) is 1. The fourth-order valence-corrected chi connectivity index (χ4v) is 3.40. The minimum atomic E-state index is 0.104. The highest BCUT2D eigenvalue weighted by molar-refractivity contribution is 7.07. The van der Waals surface area contributed by atoms with E-state index in [-0.39, 0.29) is 5.92 Å². The highest BCUT2D eigenvalue weighted by atomic mass is 32.1. The molecule has 2 atom stereocenters. The minimum Gasteiger partial charge on any atom is -0.342 e. The summed E-state index contributed by atoms with van der Waals surface area (Å²) in [5.74, 6) is 0.943. The molecule has 1 aromatic heterocycles. The van der Waals surface area contributed by atoms with Crippen molar-refractivity contribution >= 4 is 17.2 Å². The van der Waals surface area contributed by atoms with Crippen molar-refractivity contribution in [3.63, 3.8) is 0 Å². The molecule has 4 nitrogen and oxygen atoms in total. The molecule has 0 aromatic carbocycles. The zero-order valence-corrected chi connectivity index (χ0v) is 13.4. The molecule has 1 saturated heterocycles. The molecule has 2 heterocycles. The summed E-state index contributed by atoms with van der Waals surface area (Å²) in [7, 11) is 0. The number of thiazole rings is 1. The van der Waals surface area contributed by atoms with Crippen molar-refractivity contribution in [1.29, 1.82) is 0 Å². The summed E-state index contributed by atoms with van der Waals surface area (Å²) in [6.07, 6.45) is 2.15. The lowest BCUT2D eigenvalue weighted by atomic mass is 9.89. The van der Waals surface area contributed by atoms with Crippen molar-refractivity contribution in [3.05, 3.63) is 16.6 Å². The molecule has 0 radical (unpaired) electrons. The molecule has 1 amide bonds. The monoisotopic (exact) mass is 295 g/mol. The number of hydrogen-bond donors (Lipinski definition) is 1. The van der Waals surface area contributed by atoms with Gasteiger partial charge in [0.2, 0.25) is 5.91 Å². The quantitative estimate of drug-likeness (QED) is 0.908. The number of nitrogens with one attached hydrogen (secondary N) is 1. The molecular formula is C15H25N3OS. The molecule has 112 valence electrons. The Kier molecular flexibility index (Phi) is 5.54. The van der Waals surface area contributed by atoms with Crippen molar-refractivity contribution in [2.45, 2.75) is 46.2 Å².